The Bertz CT molecular complexity index is 377. The average molecular weight is 178 g/mol. The van der Waals surface area contributed by atoms with Crippen LogP contribution in [0.3, 0.4) is 0 Å². The summed E-state index contributed by atoms with van der Waals surface area (Å²) in [6.07, 6.45) is 2.87. The van der Waals surface area contributed by atoms with Crippen molar-refractivity contribution in [3.05, 3.63) is 30.7 Å². The lowest BCUT2D eigenvalue weighted by Gasteiger charge is -1.96. The largest absolute Gasteiger partial charge is 0.492 e. The van der Waals surface area contributed by atoms with E-state index in [2.05, 4.69) is 0 Å². The second kappa shape index (κ2) is 3.12. The van der Waals surface area contributed by atoms with Crippen molar-refractivity contribution >= 4 is 12.6 Å². The lowest BCUT2D eigenvalue weighted by atomic mass is 9.80. The third kappa shape index (κ3) is 1.39. The number of rotatable bonds is 2. The molecule has 2 N–H and O–H groups in total. The van der Waals surface area contributed by atoms with E-state index in [1.54, 1.807) is 12.1 Å². The second-order valence-corrected chi connectivity index (χ2v) is 2.56. The molecule has 0 atom stereocenters. The molecule has 2 aromatic rings. The highest BCUT2D eigenvalue weighted by molar-refractivity contribution is 6.60. The molecule has 0 radical (unpaired) electrons. The summed E-state index contributed by atoms with van der Waals surface area (Å²) in [6.45, 7) is 0. The molecule has 4 nitrogen and oxygen atoms in total. The summed E-state index contributed by atoms with van der Waals surface area (Å²) in [5, 5.41) is 17.9. The zero-order chi connectivity index (χ0) is 9.26. The Labute approximate surface area is 74.6 Å². The van der Waals surface area contributed by atoms with Gasteiger partial charge in [0.05, 0.1) is 12.5 Å². The van der Waals surface area contributed by atoms with Crippen LogP contribution in [0.1, 0.15) is 0 Å². The number of hydrogen-bond donors (Lipinski definition) is 2. The van der Waals surface area contributed by atoms with E-state index in [1.807, 2.05) is 0 Å². The van der Waals surface area contributed by atoms with Crippen molar-refractivity contribution in [3.63, 3.8) is 0 Å². The standard InChI is InChI=1S/C8H7BO4/c10-9(11)6-3-5-13-8(6)7-2-1-4-12-7/h1-5,10-11H. The molecular formula is C8H7BO4. The summed E-state index contributed by atoms with van der Waals surface area (Å²) in [5.41, 5.74) is 0.301. The Balaban J connectivity index is 2.46. The van der Waals surface area contributed by atoms with Crippen LogP contribution < -0.4 is 5.46 Å². The molecule has 0 amide bonds. The highest BCUT2D eigenvalue weighted by atomic mass is 16.4. The second-order valence-electron chi connectivity index (χ2n) is 2.56. The summed E-state index contributed by atoms with van der Waals surface area (Å²) in [6, 6.07) is 4.87. The van der Waals surface area contributed by atoms with Gasteiger partial charge in [-0.2, -0.15) is 0 Å². The molecule has 2 aromatic heterocycles. The SMILES string of the molecule is OB(O)c1ccoc1-c1ccco1. The molecule has 0 saturated carbocycles. The Hall–Kier alpha value is -1.46. The molecule has 2 rings (SSSR count). The fraction of sp³-hybridized carbons (Fsp3) is 0. The van der Waals surface area contributed by atoms with Crippen molar-refractivity contribution < 1.29 is 18.9 Å². The van der Waals surface area contributed by atoms with Gasteiger partial charge >= 0.3 is 7.12 Å². The van der Waals surface area contributed by atoms with Crippen LogP contribution in [0.5, 0.6) is 0 Å². The van der Waals surface area contributed by atoms with E-state index in [0.717, 1.165) is 0 Å². The zero-order valence-electron chi connectivity index (χ0n) is 6.68. The topological polar surface area (TPSA) is 66.7 Å². The molecule has 5 heteroatoms. The summed E-state index contributed by atoms with van der Waals surface area (Å²) in [5.74, 6) is 0.827. The first-order chi connectivity index (χ1) is 6.29. The third-order valence-corrected chi connectivity index (χ3v) is 1.72. The van der Waals surface area contributed by atoms with Crippen LogP contribution in [0.4, 0.5) is 0 Å². The van der Waals surface area contributed by atoms with Crippen molar-refractivity contribution in [2.45, 2.75) is 0 Å². The third-order valence-electron chi connectivity index (χ3n) is 1.72. The van der Waals surface area contributed by atoms with Crippen LogP contribution in [0, 0.1) is 0 Å². The Morgan fingerprint density at radius 3 is 2.54 bits per heavy atom. The van der Waals surface area contributed by atoms with Crippen LogP contribution in [-0.4, -0.2) is 17.2 Å². The molecule has 0 aliphatic rings. The quantitative estimate of drug-likeness (QED) is 0.645. The number of hydrogen-bond acceptors (Lipinski definition) is 4. The van der Waals surface area contributed by atoms with Crippen LogP contribution in [0.2, 0.25) is 0 Å². The summed E-state index contributed by atoms with van der Waals surface area (Å²) >= 11 is 0. The minimum absolute atomic E-state index is 0.301. The van der Waals surface area contributed by atoms with E-state index < -0.39 is 7.12 Å². The monoisotopic (exact) mass is 178 g/mol. The fourth-order valence-electron chi connectivity index (χ4n) is 1.13. The van der Waals surface area contributed by atoms with Crippen molar-refractivity contribution in [2.24, 2.45) is 0 Å². The van der Waals surface area contributed by atoms with Crippen molar-refractivity contribution in [1.82, 2.24) is 0 Å². The summed E-state index contributed by atoms with van der Waals surface area (Å²) in [7, 11) is -1.54. The van der Waals surface area contributed by atoms with Crippen LogP contribution >= 0.6 is 0 Å². The van der Waals surface area contributed by atoms with E-state index >= 15 is 0 Å². The normalized spacial score (nSPS) is 10.3. The van der Waals surface area contributed by atoms with Crippen molar-refractivity contribution in [1.29, 1.82) is 0 Å². The first-order valence-corrected chi connectivity index (χ1v) is 3.76. The molecule has 0 fully saturated rings. The van der Waals surface area contributed by atoms with E-state index in [-0.39, 0.29) is 0 Å². The van der Waals surface area contributed by atoms with Gasteiger partial charge in [-0.1, -0.05) is 0 Å². The Morgan fingerprint density at radius 2 is 1.92 bits per heavy atom. The molecule has 2 heterocycles. The fourth-order valence-corrected chi connectivity index (χ4v) is 1.13. The lowest BCUT2D eigenvalue weighted by Crippen LogP contribution is -2.29. The summed E-state index contributed by atoms with van der Waals surface area (Å²) in [4.78, 5) is 0. The minimum Gasteiger partial charge on any atom is -0.461 e. The predicted molar refractivity (Wildman–Crippen MR) is 46.2 cm³/mol. The maximum Gasteiger partial charge on any atom is 0.492 e. The van der Waals surface area contributed by atoms with Gasteiger partial charge in [-0.05, 0) is 18.2 Å². The molecule has 0 unspecified atom stereocenters. The molecule has 0 bridgehead atoms. The maximum absolute atomic E-state index is 8.95. The molecule has 0 aliphatic carbocycles. The Kier molecular flexibility index (Phi) is 1.96. The van der Waals surface area contributed by atoms with Crippen LogP contribution in [0.15, 0.2) is 39.6 Å². The number of furan rings is 2. The van der Waals surface area contributed by atoms with E-state index in [1.165, 1.54) is 18.6 Å². The van der Waals surface area contributed by atoms with Gasteiger partial charge < -0.3 is 18.9 Å². The van der Waals surface area contributed by atoms with Gasteiger partial charge in [-0.3, -0.25) is 0 Å². The van der Waals surface area contributed by atoms with Crippen molar-refractivity contribution in [2.75, 3.05) is 0 Å². The van der Waals surface area contributed by atoms with Crippen LogP contribution in [-0.2, 0) is 0 Å². The van der Waals surface area contributed by atoms with Gasteiger partial charge in [0.15, 0.2) is 11.5 Å². The molecule has 0 saturated heterocycles. The van der Waals surface area contributed by atoms with E-state index in [0.29, 0.717) is 17.0 Å². The highest BCUT2D eigenvalue weighted by Gasteiger charge is 2.21. The van der Waals surface area contributed by atoms with Gasteiger partial charge in [0.25, 0.3) is 0 Å². The maximum atomic E-state index is 8.95. The van der Waals surface area contributed by atoms with E-state index in [9.17, 15) is 0 Å². The predicted octanol–water partition coefficient (Wildman–Crippen LogP) is 0.219. The molecule has 13 heavy (non-hydrogen) atoms. The van der Waals surface area contributed by atoms with Gasteiger partial charge in [-0.15, -0.1) is 0 Å². The smallest absolute Gasteiger partial charge is 0.461 e. The average Bonchev–Trinajstić information content (AvgIpc) is 2.74. The van der Waals surface area contributed by atoms with Crippen LogP contribution in [0.25, 0.3) is 11.5 Å². The Morgan fingerprint density at radius 1 is 1.08 bits per heavy atom. The minimum atomic E-state index is -1.54. The van der Waals surface area contributed by atoms with E-state index in [4.69, 9.17) is 18.9 Å². The highest BCUT2D eigenvalue weighted by Crippen LogP contribution is 2.18. The van der Waals surface area contributed by atoms with Gasteiger partial charge in [0.1, 0.15) is 0 Å². The zero-order valence-corrected chi connectivity index (χ0v) is 6.68. The lowest BCUT2D eigenvalue weighted by molar-refractivity contribution is 0.425. The summed E-state index contributed by atoms with van der Waals surface area (Å²) < 4.78 is 10.1. The van der Waals surface area contributed by atoms with Gasteiger partial charge in [0.2, 0.25) is 0 Å². The first-order valence-electron chi connectivity index (χ1n) is 3.76. The molecule has 0 spiro atoms. The molecular weight excluding hydrogens is 171 g/mol. The van der Waals surface area contributed by atoms with Gasteiger partial charge in [0, 0.05) is 5.46 Å². The first kappa shape index (κ1) is 8.16. The molecule has 0 aromatic carbocycles. The van der Waals surface area contributed by atoms with Crippen molar-refractivity contribution in [3.8, 4) is 11.5 Å². The molecule has 0 aliphatic heterocycles. The van der Waals surface area contributed by atoms with Gasteiger partial charge in [-0.25, -0.2) is 0 Å². The molecule has 66 valence electrons.